The summed E-state index contributed by atoms with van der Waals surface area (Å²) in [6, 6.07) is 8.42. The molecule has 16 heavy (non-hydrogen) atoms. The predicted molar refractivity (Wildman–Crippen MR) is 66.5 cm³/mol. The lowest BCUT2D eigenvalue weighted by molar-refractivity contribution is -0.122. The maximum Gasteiger partial charge on any atom is 0.220 e. The molecule has 0 radical (unpaired) electrons. The smallest absolute Gasteiger partial charge is 0.220 e. The fourth-order valence-electron chi connectivity index (χ4n) is 2.47. The predicted octanol–water partition coefficient (Wildman–Crippen LogP) is 2.49. The number of carbonyl (C=O) groups excluding carboxylic acids is 1. The van der Waals surface area contributed by atoms with Crippen molar-refractivity contribution in [3.05, 3.63) is 34.7 Å². The first-order chi connectivity index (χ1) is 7.75. The lowest BCUT2D eigenvalue weighted by atomic mass is 9.86. The van der Waals surface area contributed by atoms with E-state index in [0.29, 0.717) is 0 Å². The molecule has 2 aromatic rings. The van der Waals surface area contributed by atoms with Gasteiger partial charge in [-0.25, -0.2) is 0 Å². The van der Waals surface area contributed by atoms with Crippen LogP contribution in [0.5, 0.6) is 0 Å². The first-order valence-electron chi connectivity index (χ1n) is 5.54. The fourth-order valence-corrected chi connectivity index (χ4v) is 3.72. The first-order valence-corrected chi connectivity index (χ1v) is 6.36. The SMILES string of the molecule is NC(=O)C1CCc2sc3ccccc3c2C1. The van der Waals surface area contributed by atoms with Crippen molar-refractivity contribution in [1.82, 2.24) is 0 Å². The Labute approximate surface area is 98.1 Å². The van der Waals surface area contributed by atoms with Crippen LogP contribution in [0.3, 0.4) is 0 Å². The van der Waals surface area contributed by atoms with Crippen molar-refractivity contribution in [2.75, 3.05) is 0 Å². The minimum Gasteiger partial charge on any atom is -0.369 e. The van der Waals surface area contributed by atoms with E-state index in [-0.39, 0.29) is 11.8 Å². The topological polar surface area (TPSA) is 43.1 Å². The second-order valence-corrected chi connectivity index (χ2v) is 5.48. The van der Waals surface area contributed by atoms with E-state index >= 15 is 0 Å². The molecule has 1 aliphatic rings. The van der Waals surface area contributed by atoms with E-state index in [1.165, 1.54) is 20.5 Å². The van der Waals surface area contributed by atoms with E-state index in [1.807, 2.05) is 11.3 Å². The highest BCUT2D eigenvalue weighted by molar-refractivity contribution is 7.19. The molecule has 0 aliphatic heterocycles. The van der Waals surface area contributed by atoms with Crippen LogP contribution in [0.25, 0.3) is 10.1 Å². The van der Waals surface area contributed by atoms with Gasteiger partial charge in [-0.05, 0) is 36.3 Å². The molecule has 2 nitrogen and oxygen atoms in total. The lowest BCUT2D eigenvalue weighted by Gasteiger charge is -2.19. The van der Waals surface area contributed by atoms with Crippen molar-refractivity contribution in [3.63, 3.8) is 0 Å². The summed E-state index contributed by atoms with van der Waals surface area (Å²) in [7, 11) is 0. The molecule has 82 valence electrons. The summed E-state index contributed by atoms with van der Waals surface area (Å²) in [4.78, 5) is 12.7. The zero-order valence-corrected chi connectivity index (χ0v) is 9.72. The Balaban J connectivity index is 2.11. The van der Waals surface area contributed by atoms with Crippen LogP contribution in [-0.2, 0) is 17.6 Å². The van der Waals surface area contributed by atoms with Gasteiger partial charge in [-0.15, -0.1) is 11.3 Å². The van der Waals surface area contributed by atoms with Gasteiger partial charge < -0.3 is 5.73 Å². The minimum absolute atomic E-state index is 0.0329. The van der Waals surface area contributed by atoms with Gasteiger partial charge in [0.05, 0.1) is 0 Å². The summed E-state index contributed by atoms with van der Waals surface area (Å²) in [5.41, 5.74) is 6.76. The molecule has 1 aromatic heterocycles. The Morgan fingerprint density at radius 3 is 3.00 bits per heavy atom. The van der Waals surface area contributed by atoms with E-state index in [2.05, 4.69) is 24.3 Å². The van der Waals surface area contributed by atoms with Gasteiger partial charge in [-0.2, -0.15) is 0 Å². The molecular formula is C13H13NOS. The van der Waals surface area contributed by atoms with Crippen molar-refractivity contribution in [1.29, 1.82) is 0 Å². The summed E-state index contributed by atoms with van der Waals surface area (Å²) in [5.74, 6) is -0.119. The normalized spacial score (nSPS) is 19.6. The molecule has 1 atom stereocenters. The number of rotatable bonds is 1. The van der Waals surface area contributed by atoms with Crippen molar-refractivity contribution >= 4 is 27.3 Å². The number of carbonyl (C=O) groups is 1. The highest BCUT2D eigenvalue weighted by atomic mass is 32.1. The van der Waals surface area contributed by atoms with Gasteiger partial charge in [0.2, 0.25) is 5.91 Å². The van der Waals surface area contributed by atoms with E-state index in [1.54, 1.807) is 0 Å². The van der Waals surface area contributed by atoms with E-state index in [9.17, 15) is 4.79 Å². The molecule has 3 heteroatoms. The van der Waals surface area contributed by atoms with E-state index in [4.69, 9.17) is 5.73 Å². The van der Waals surface area contributed by atoms with Crippen molar-refractivity contribution < 1.29 is 4.79 Å². The third-order valence-electron chi connectivity index (χ3n) is 3.35. The Bertz CT molecular complexity index is 558. The second kappa shape index (κ2) is 3.59. The number of hydrogen-bond donors (Lipinski definition) is 1. The number of hydrogen-bond acceptors (Lipinski definition) is 2. The number of primary amides is 1. The van der Waals surface area contributed by atoms with Gasteiger partial charge in [-0.3, -0.25) is 4.79 Å². The van der Waals surface area contributed by atoms with Gasteiger partial charge in [0.15, 0.2) is 0 Å². The van der Waals surface area contributed by atoms with E-state index in [0.717, 1.165) is 19.3 Å². The number of fused-ring (bicyclic) bond motifs is 3. The Kier molecular flexibility index (Phi) is 2.21. The maximum atomic E-state index is 11.2. The average Bonchev–Trinajstić information content (AvgIpc) is 2.66. The van der Waals surface area contributed by atoms with Gasteiger partial charge in [-0.1, -0.05) is 18.2 Å². The van der Waals surface area contributed by atoms with Crippen molar-refractivity contribution in [2.24, 2.45) is 11.7 Å². The molecule has 1 unspecified atom stereocenters. The Hall–Kier alpha value is -1.35. The van der Waals surface area contributed by atoms with E-state index < -0.39 is 0 Å². The zero-order valence-electron chi connectivity index (χ0n) is 8.90. The molecule has 0 spiro atoms. The maximum absolute atomic E-state index is 11.2. The van der Waals surface area contributed by atoms with Crippen LogP contribution in [0, 0.1) is 5.92 Å². The summed E-state index contributed by atoms with van der Waals surface area (Å²) in [5, 5.41) is 1.31. The van der Waals surface area contributed by atoms with Crippen molar-refractivity contribution in [2.45, 2.75) is 19.3 Å². The summed E-state index contributed by atoms with van der Waals surface area (Å²) >= 11 is 1.86. The molecule has 0 saturated carbocycles. The minimum atomic E-state index is -0.152. The van der Waals surface area contributed by atoms with Crippen LogP contribution in [-0.4, -0.2) is 5.91 Å². The fraction of sp³-hybridized carbons (Fsp3) is 0.308. The molecular weight excluding hydrogens is 218 g/mol. The molecule has 1 aliphatic carbocycles. The van der Waals surface area contributed by atoms with Crippen LogP contribution in [0.2, 0.25) is 0 Å². The molecule has 3 rings (SSSR count). The molecule has 0 bridgehead atoms. The van der Waals surface area contributed by atoms with Crippen molar-refractivity contribution in [3.8, 4) is 0 Å². The van der Waals surface area contributed by atoms with Gasteiger partial charge in [0.1, 0.15) is 0 Å². The quantitative estimate of drug-likeness (QED) is 0.805. The number of amides is 1. The number of nitrogens with two attached hydrogens (primary N) is 1. The molecule has 1 amide bonds. The third kappa shape index (κ3) is 1.43. The highest BCUT2D eigenvalue weighted by Gasteiger charge is 2.25. The third-order valence-corrected chi connectivity index (χ3v) is 4.63. The summed E-state index contributed by atoms with van der Waals surface area (Å²) in [6.07, 6.45) is 2.74. The second-order valence-electron chi connectivity index (χ2n) is 4.34. The van der Waals surface area contributed by atoms with Crippen LogP contribution in [0.15, 0.2) is 24.3 Å². The van der Waals surface area contributed by atoms with Crippen LogP contribution >= 0.6 is 11.3 Å². The molecule has 2 N–H and O–H groups in total. The Morgan fingerprint density at radius 1 is 1.38 bits per heavy atom. The van der Waals surface area contributed by atoms with Crippen LogP contribution in [0.1, 0.15) is 16.9 Å². The summed E-state index contributed by atoms with van der Waals surface area (Å²) < 4.78 is 1.33. The van der Waals surface area contributed by atoms with Crippen LogP contribution < -0.4 is 5.73 Å². The molecule has 0 saturated heterocycles. The van der Waals surface area contributed by atoms with Gasteiger partial charge >= 0.3 is 0 Å². The largest absolute Gasteiger partial charge is 0.369 e. The molecule has 1 aromatic carbocycles. The monoisotopic (exact) mass is 231 g/mol. The lowest BCUT2D eigenvalue weighted by Crippen LogP contribution is -2.28. The number of benzene rings is 1. The van der Waals surface area contributed by atoms with Gasteiger partial charge in [0.25, 0.3) is 0 Å². The van der Waals surface area contributed by atoms with Crippen LogP contribution in [0.4, 0.5) is 0 Å². The Morgan fingerprint density at radius 2 is 2.19 bits per heavy atom. The molecule has 0 fully saturated rings. The number of aryl methyl sites for hydroxylation is 1. The number of thiophene rings is 1. The first kappa shape index (κ1) is 9.85. The average molecular weight is 231 g/mol. The zero-order chi connectivity index (χ0) is 11.1. The highest BCUT2D eigenvalue weighted by Crippen LogP contribution is 2.37. The molecule has 1 heterocycles. The summed E-state index contributed by atoms with van der Waals surface area (Å²) in [6.45, 7) is 0. The standard InChI is InChI=1S/C13H13NOS/c14-13(15)8-5-6-12-10(7-8)9-3-1-2-4-11(9)16-12/h1-4,8H,5-7H2,(H2,14,15). The van der Waals surface area contributed by atoms with Gasteiger partial charge in [0, 0.05) is 15.5 Å².